The Morgan fingerprint density at radius 1 is 1.25 bits per heavy atom. The molecule has 2 amide bonds. The van der Waals surface area contributed by atoms with E-state index < -0.39 is 11.6 Å². The molecule has 0 aliphatic carbocycles. The fourth-order valence-corrected chi connectivity index (χ4v) is 1.65. The average molecular weight is 280 g/mol. The highest BCUT2D eigenvalue weighted by atomic mass is 16.5. The van der Waals surface area contributed by atoms with Crippen LogP contribution in [0.25, 0.3) is 0 Å². The van der Waals surface area contributed by atoms with E-state index in [1.54, 1.807) is 45.2 Å². The highest BCUT2D eigenvalue weighted by Crippen LogP contribution is 2.17. The van der Waals surface area contributed by atoms with Crippen LogP contribution in [0.4, 0.5) is 10.5 Å². The van der Waals surface area contributed by atoms with Gasteiger partial charge in [-0.05, 0) is 26.0 Å². The predicted octanol–water partition coefficient (Wildman–Crippen LogP) is 2.16. The van der Waals surface area contributed by atoms with Crippen molar-refractivity contribution in [3.05, 3.63) is 24.3 Å². The SMILES string of the molecule is COC(=O)CC(C)(C)NC(=O)Nc1cccc(OC)c1. The van der Waals surface area contributed by atoms with Crippen molar-refractivity contribution in [2.75, 3.05) is 19.5 Å². The molecule has 2 N–H and O–H groups in total. The summed E-state index contributed by atoms with van der Waals surface area (Å²) in [6.07, 6.45) is 0.0923. The molecule has 20 heavy (non-hydrogen) atoms. The van der Waals surface area contributed by atoms with Gasteiger partial charge in [0.1, 0.15) is 5.75 Å². The van der Waals surface area contributed by atoms with Crippen molar-refractivity contribution in [2.24, 2.45) is 0 Å². The zero-order valence-corrected chi connectivity index (χ0v) is 12.1. The molecular weight excluding hydrogens is 260 g/mol. The molecule has 0 saturated heterocycles. The molecule has 0 fully saturated rings. The molecule has 0 aliphatic heterocycles. The summed E-state index contributed by atoms with van der Waals surface area (Å²) in [4.78, 5) is 23.1. The van der Waals surface area contributed by atoms with Crippen molar-refractivity contribution in [1.29, 1.82) is 0 Å². The number of hydrogen-bond acceptors (Lipinski definition) is 4. The molecule has 0 atom stereocenters. The number of methoxy groups -OCH3 is 2. The monoisotopic (exact) mass is 280 g/mol. The summed E-state index contributed by atoms with van der Waals surface area (Å²) in [5.41, 5.74) is -0.0912. The molecule has 110 valence electrons. The zero-order valence-electron chi connectivity index (χ0n) is 12.1. The van der Waals surface area contributed by atoms with Gasteiger partial charge in [-0.15, -0.1) is 0 Å². The number of amides is 2. The van der Waals surface area contributed by atoms with Crippen LogP contribution in [0.5, 0.6) is 5.75 Å². The number of nitrogens with one attached hydrogen (secondary N) is 2. The number of rotatable bonds is 5. The van der Waals surface area contributed by atoms with Crippen molar-refractivity contribution in [3.63, 3.8) is 0 Å². The molecule has 1 aromatic rings. The number of benzene rings is 1. The van der Waals surface area contributed by atoms with Crippen LogP contribution >= 0.6 is 0 Å². The second-order valence-electron chi connectivity index (χ2n) is 4.95. The first-order valence-electron chi connectivity index (χ1n) is 6.16. The lowest BCUT2D eigenvalue weighted by molar-refractivity contribution is -0.141. The second kappa shape index (κ2) is 6.79. The van der Waals surface area contributed by atoms with Gasteiger partial charge in [-0.2, -0.15) is 0 Å². The van der Waals surface area contributed by atoms with E-state index in [0.29, 0.717) is 11.4 Å². The largest absolute Gasteiger partial charge is 0.497 e. The van der Waals surface area contributed by atoms with Gasteiger partial charge < -0.3 is 20.1 Å². The number of urea groups is 1. The first kappa shape index (κ1) is 15.8. The molecule has 1 rings (SSSR count). The van der Waals surface area contributed by atoms with Gasteiger partial charge in [0.2, 0.25) is 0 Å². The van der Waals surface area contributed by atoms with E-state index in [4.69, 9.17) is 4.74 Å². The van der Waals surface area contributed by atoms with Crippen LogP contribution < -0.4 is 15.4 Å². The Labute approximate surface area is 118 Å². The average Bonchev–Trinajstić information content (AvgIpc) is 2.37. The maximum atomic E-state index is 11.9. The molecule has 6 heteroatoms. The molecule has 0 radical (unpaired) electrons. The molecule has 1 aromatic carbocycles. The maximum absolute atomic E-state index is 11.9. The number of carbonyl (C=O) groups excluding carboxylic acids is 2. The minimum atomic E-state index is -0.698. The Bertz CT molecular complexity index is 486. The van der Waals surface area contributed by atoms with E-state index in [9.17, 15) is 9.59 Å². The van der Waals surface area contributed by atoms with E-state index >= 15 is 0 Å². The number of esters is 1. The van der Waals surface area contributed by atoms with Crippen LogP contribution in [0.2, 0.25) is 0 Å². The van der Waals surface area contributed by atoms with Crippen molar-refractivity contribution in [3.8, 4) is 5.75 Å². The van der Waals surface area contributed by atoms with Crippen LogP contribution in [0, 0.1) is 0 Å². The van der Waals surface area contributed by atoms with Gasteiger partial charge in [-0.25, -0.2) is 4.79 Å². The van der Waals surface area contributed by atoms with E-state index in [-0.39, 0.29) is 12.4 Å². The van der Waals surface area contributed by atoms with Gasteiger partial charge >= 0.3 is 12.0 Å². The molecule has 0 aliphatic rings. The van der Waals surface area contributed by atoms with Gasteiger partial charge in [0.25, 0.3) is 0 Å². The normalized spacial score (nSPS) is 10.6. The minimum Gasteiger partial charge on any atom is -0.497 e. The van der Waals surface area contributed by atoms with Crippen molar-refractivity contribution in [1.82, 2.24) is 5.32 Å². The quantitative estimate of drug-likeness (QED) is 0.810. The highest BCUT2D eigenvalue weighted by Gasteiger charge is 2.24. The first-order valence-corrected chi connectivity index (χ1v) is 6.16. The molecule has 0 aromatic heterocycles. The van der Waals surface area contributed by atoms with Gasteiger partial charge in [0.15, 0.2) is 0 Å². The number of hydrogen-bond donors (Lipinski definition) is 2. The summed E-state index contributed by atoms with van der Waals surface area (Å²) in [5, 5.41) is 5.40. The van der Waals surface area contributed by atoms with Gasteiger partial charge in [0, 0.05) is 17.3 Å². The fourth-order valence-electron chi connectivity index (χ4n) is 1.65. The predicted molar refractivity (Wildman–Crippen MR) is 75.9 cm³/mol. The summed E-state index contributed by atoms with van der Waals surface area (Å²) < 4.78 is 9.66. The van der Waals surface area contributed by atoms with E-state index in [2.05, 4.69) is 15.4 Å². The summed E-state index contributed by atoms with van der Waals surface area (Å²) >= 11 is 0. The number of carbonyl (C=O) groups is 2. The standard InChI is InChI=1S/C14H20N2O4/c1-14(2,9-12(17)20-4)16-13(18)15-10-6-5-7-11(8-10)19-3/h5-8H,9H2,1-4H3,(H2,15,16,18). The molecule has 0 saturated carbocycles. The number of anilines is 1. The number of ether oxygens (including phenoxy) is 2. The highest BCUT2D eigenvalue weighted by molar-refractivity contribution is 5.90. The molecule has 0 bridgehead atoms. The Hall–Kier alpha value is -2.24. The lowest BCUT2D eigenvalue weighted by Gasteiger charge is -2.25. The van der Waals surface area contributed by atoms with Crippen LogP contribution in [0.1, 0.15) is 20.3 Å². The van der Waals surface area contributed by atoms with Crippen LogP contribution in [-0.2, 0) is 9.53 Å². The topological polar surface area (TPSA) is 76.7 Å². The van der Waals surface area contributed by atoms with E-state index in [1.165, 1.54) is 7.11 Å². The van der Waals surface area contributed by atoms with Crippen LogP contribution in [0.15, 0.2) is 24.3 Å². The molecule has 0 unspecified atom stereocenters. The Kier molecular flexibility index (Phi) is 5.37. The van der Waals surface area contributed by atoms with Crippen molar-refractivity contribution >= 4 is 17.7 Å². The molecular formula is C14H20N2O4. The maximum Gasteiger partial charge on any atom is 0.319 e. The van der Waals surface area contributed by atoms with Gasteiger partial charge in [0.05, 0.1) is 20.6 Å². The van der Waals surface area contributed by atoms with Gasteiger partial charge in [-0.3, -0.25) is 4.79 Å². The Morgan fingerprint density at radius 3 is 2.55 bits per heavy atom. The molecule has 0 spiro atoms. The van der Waals surface area contributed by atoms with Gasteiger partial charge in [-0.1, -0.05) is 6.07 Å². The Balaban J connectivity index is 2.60. The molecule has 6 nitrogen and oxygen atoms in total. The lowest BCUT2D eigenvalue weighted by Crippen LogP contribution is -2.47. The zero-order chi connectivity index (χ0) is 15.2. The fraction of sp³-hybridized carbons (Fsp3) is 0.429. The summed E-state index contributed by atoms with van der Waals surface area (Å²) in [7, 11) is 2.87. The van der Waals surface area contributed by atoms with Crippen molar-refractivity contribution < 1.29 is 19.1 Å². The van der Waals surface area contributed by atoms with Crippen LogP contribution in [-0.4, -0.2) is 31.8 Å². The van der Waals surface area contributed by atoms with E-state index in [1.807, 2.05) is 0 Å². The minimum absolute atomic E-state index is 0.0923. The summed E-state index contributed by atoms with van der Waals surface area (Å²) in [6.45, 7) is 3.49. The van der Waals surface area contributed by atoms with E-state index in [0.717, 1.165) is 0 Å². The Morgan fingerprint density at radius 2 is 1.95 bits per heavy atom. The summed E-state index contributed by atoms with van der Waals surface area (Å²) in [6, 6.07) is 6.60. The van der Waals surface area contributed by atoms with Crippen LogP contribution in [0.3, 0.4) is 0 Å². The molecule has 0 heterocycles. The summed E-state index contributed by atoms with van der Waals surface area (Å²) in [5.74, 6) is 0.272. The second-order valence-corrected chi connectivity index (χ2v) is 4.95. The van der Waals surface area contributed by atoms with Crippen molar-refractivity contribution in [2.45, 2.75) is 25.8 Å². The third-order valence-electron chi connectivity index (χ3n) is 2.59. The first-order chi connectivity index (χ1) is 9.36. The lowest BCUT2D eigenvalue weighted by atomic mass is 10.0. The smallest absolute Gasteiger partial charge is 0.319 e. The third-order valence-corrected chi connectivity index (χ3v) is 2.59. The third kappa shape index (κ3) is 5.17.